The molecule has 1 saturated heterocycles. The number of hydrogen-bond acceptors (Lipinski definition) is 3. The summed E-state index contributed by atoms with van der Waals surface area (Å²) in [6.07, 6.45) is 4.27. The SMILES string of the molecule is CCS(=O)(=O)N1CCN(CC=Cc2ccc(C)cc2)CC1. The highest BCUT2D eigenvalue weighted by molar-refractivity contribution is 7.89. The molecule has 0 bridgehead atoms. The lowest BCUT2D eigenvalue weighted by Crippen LogP contribution is -2.48. The van der Waals surface area contributed by atoms with Gasteiger partial charge in [-0.3, -0.25) is 4.90 Å². The van der Waals surface area contributed by atoms with Crippen molar-refractivity contribution < 1.29 is 8.42 Å². The lowest BCUT2D eigenvalue weighted by Gasteiger charge is -2.33. The molecule has 1 heterocycles. The summed E-state index contributed by atoms with van der Waals surface area (Å²) >= 11 is 0. The van der Waals surface area contributed by atoms with Gasteiger partial charge in [0.1, 0.15) is 0 Å². The van der Waals surface area contributed by atoms with Crippen molar-refractivity contribution in [1.82, 2.24) is 9.21 Å². The second kappa shape index (κ2) is 7.20. The quantitative estimate of drug-likeness (QED) is 0.835. The Bertz CT molecular complexity index is 571. The molecule has 1 aromatic carbocycles. The van der Waals surface area contributed by atoms with Crippen LogP contribution >= 0.6 is 0 Å². The first-order valence-electron chi connectivity index (χ1n) is 7.44. The molecule has 0 saturated carbocycles. The van der Waals surface area contributed by atoms with Gasteiger partial charge in [-0.25, -0.2) is 8.42 Å². The van der Waals surface area contributed by atoms with E-state index >= 15 is 0 Å². The van der Waals surface area contributed by atoms with Crippen molar-refractivity contribution in [3.8, 4) is 0 Å². The minimum Gasteiger partial charge on any atom is -0.297 e. The van der Waals surface area contributed by atoms with Crippen LogP contribution in [0, 0.1) is 6.92 Å². The van der Waals surface area contributed by atoms with Gasteiger partial charge in [0, 0.05) is 32.7 Å². The van der Waals surface area contributed by atoms with Crippen molar-refractivity contribution in [2.45, 2.75) is 13.8 Å². The van der Waals surface area contributed by atoms with E-state index in [9.17, 15) is 8.42 Å². The predicted octanol–water partition coefficient (Wildman–Crippen LogP) is 1.98. The van der Waals surface area contributed by atoms with Crippen LogP contribution in [0.1, 0.15) is 18.1 Å². The Morgan fingerprint density at radius 2 is 1.71 bits per heavy atom. The fraction of sp³-hybridized carbons (Fsp3) is 0.500. The van der Waals surface area contributed by atoms with Crippen LogP contribution in [-0.2, 0) is 10.0 Å². The first-order valence-corrected chi connectivity index (χ1v) is 9.05. The molecule has 0 unspecified atom stereocenters. The van der Waals surface area contributed by atoms with Crippen molar-refractivity contribution in [2.75, 3.05) is 38.5 Å². The van der Waals surface area contributed by atoms with Crippen molar-refractivity contribution in [2.24, 2.45) is 0 Å². The molecule has 0 amide bonds. The molecule has 1 aliphatic rings. The van der Waals surface area contributed by atoms with Gasteiger partial charge in [0.2, 0.25) is 10.0 Å². The van der Waals surface area contributed by atoms with Crippen LogP contribution in [0.15, 0.2) is 30.3 Å². The summed E-state index contributed by atoms with van der Waals surface area (Å²) in [4.78, 5) is 2.28. The Hall–Kier alpha value is -1.17. The van der Waals surface area contributed by atoms with Crippen LogP contribution in [0.25, 0.3) is 6.08 Å². The van der Waals surface area contributed by atoms with Crippen LogP contribution in [0.4, 0.5) is 0 Å². The lowest BCUT2D eigenvalue weighted by molar-refractivity contribution is 0.205. The standard InChI is InChI=1S/C16H24N2O2S/c1-3-21(19,20)18-13-11-17(12-14-18)10-4-5-16-8-6-15(2)7-9-16/h4-9H,3,10-14H2,1-2H3. The Morgan fingerprint density at radius 1 is 1.10 bits per heavy atom. The second-order valence-corrected chi connectivity index (χ2v) is 7.67. The van der Waals surface area contributed by atoms with Gasteiger partial charge in [0.05, 0.1) is 5.75 Å². The highest BCUT2D eigenvalue weighted by Gasteiger charge is 2.24. The van der Waals surface area contributed by atoms with E-state index in [0.717, 1.165) is 19.6 Å². The molecule has 0 N–H and O–H groups in total. The maximum atomic E-state index is 11.8. The number of piperazine rings is 1. The van der Waals surface area contributed by atoms with Gasteiger partial charge >= 0.3 is 0 Å². The molecule has 116 valence electrons. The minimum absolute atomic E-state index is 0.195. The van der Waals surface area contributed by atoms with E-state index in [1.54, 1.807) is 11.2 Å². The summed E-state index contributed by atoms with van der Waals surface area (Å²) in [5, 5.41) is 0. The third-order valence-corrected chi connectivity index (χ3v) is 5.72. The van der Waals surface area contributed by atoms with Crippen LogP contribution < -0.4 is 0 Å². The predicted molar refractivity (Wildman–Crippen MR) is 87.7 cm³/mol. The molecule has 0 atom stereocenters. The Morgan fingerprint density at radius 3 is 2.29 bits per heavy atom. The van der Waals surface area contributed by atoms with E-state index in [0.29, 0.717) is 13.1 Å². The number of hydrogen-bond donors (Lipinski definition) is 0. The lowest BCUT2D eigenvalue weighted by atomic mass is 10.1. The molecule has 5 heteroatoms. The summed E-state index contributed by atoms with van der Waals surface area (Å²) in [5.74, 6) is 0.195. The van der Waals surface area contributed by atoms with Gasteiger partial charge in [-0.2, -0.15) is 4.31 Å². The molecule has 0 spiro atoms. The number of benzene rings is 1. The largest absolute Gasteiger partial charge is 0.297 e. The molecule has 0 aliphatic carbocycles. The molecular formula is C16H24N2O2S. The van der Waals surface area contributed by atoms with E-state index in [1.807, 2.05) is 0 Å². The van der Waals surface area contributed by atoms with Crippen molar-refractivity contribution >= 4 is 16.1 Å². The van der Waals surface area contributed by atoms with E-state index < -0.39 is 10.0 Å². The zero-order valence-electron chi connectivity index (χ0n) is 12.8. The number of aryl methyl sites for hydroxylation is 1. The number of rotatable bonds is 5. The molecule has 0 aromatic heterocycles. The number of nitrogens with zero attached hydrogens (tertiary/aromatic N) is 2. The third kappa shape index (κ3) is 4.66. The maximum Gasteiger partial charge on any atom is 0.213 e. The molecule has 1 aromatic rings. The van der Waals surface area contributed by atoms with E-state index in [4.69, 9.17) is 0 Å². The average Bonchev–Trinajstić information content (AvgIpc) is 2.50. The first-order chi connectivity index (χ1) is 10.0. The fourth-order valence-corrected chi connectivity index (χ4v) is 3.47. The molecular weight excluding hydrogens is 284 g/mol. The van der Waals surface area contributed by atoms with Crippen LogP contribution in [0.5, 0.6) is 0 Å². The number of sulfonamides is 1. The first kappa shape index (κ1) is 16.2. The van der Waals surface area contributed by atoms with Crippen LogP contribution in [0.2, 0.25) is 0 Å². The summed E-state index contributed by atoms with van der Waals surface area (Å²) in [7, 11) is -3.02. The molecule has 1 aliphatic heterocycles. The van der Waals surface area contributed by atoms with Gasteiger partial charge in [-0.05, 0) is 19.4 Å². The maximum absolute atomic E-state index is 11.8. The zero-order chi connectivity index (χ0) is 15.3. The van der Waals surface area contributed by atoms with E-state index in [2.05, 4.69) is 48.2 Å². The second-order valence-electron chi connectivity index (χ2n) is 5.41. The normalized spacial score (nSPS) is 18.4. The molecule has 4 nitrogen and oxygen atoms in total. The summed E-state index contributed by atoms with van der Waals surface area (Å²) in [5.41, 5.74) is 2.47. The van der Waals surface area contributed by atoms with Crippen molar-refractivity contribution in [3.05, 3.63) is 41.5 Å². The van der Waals surface area contributed by atoms with Crippen molar-refractivity contribution in [3.63, 3.8) is 0 Å². The summed E-state index contributed by atoms with van der Waals surface area (Å²) in [6.45, 7) is 7.47. The van der Waals surface area contributed by atoms with Gasteiger partial charge in [-0.1, -0.05) is 42.0 Å². The Balaban J connectivity index is 1.80. The van der Waals surface area contributed by atoms with Gasteiger partial charge < -0.3 is 0 Å². The van der Waals surface area contributed by atoms with E-state index in [-0.39, 0.29) is 5.75 Å². The monoisotopic (exact) mass is 308 g/mol. The molecule has 2 rings (SSSR count). The third-order valence-electron chi connectivity index (χ3n) is 3.84. The minimum atomic E-state index is -3.02. The van der Waals surface area contributed by atoms with Crippen LogP contribution in [-0.4, -0.2) is 56.1 Å². The smallest absolute Gasteiger partial charge is 0.213 e. The highest BCUT2D eigenvalue weighted by Crippen LogP contribution is 2.09. The van der Waals surface area contributed by atoms with Gasteiger partial charge in [0.15, 0.2) is 0 Å². The zero-order valence-corrected chi connectivity index (χ0v) is 13.6. The molecule has 21 heavy (non-hydrogen) atoms. The molecule has 1 fully saturated rings. The molecule has 0 radical (unpaired) electrons. The fourth-order valence-electron chi connectivity index (χ4n) is 2.39. The van der Waals surface area contributed by atoms with Crippen molar-refractivity contribution in [1.29, 1.82) is 0 Å². The Kier molecular flexibility index (Phi) is 5.56. The topological polar surface area (TPSA) is 40.6 Å². The summed E-state index contributed by atoms with van der Waals surface area (Å²) in [6, 6.07) is 8.43. The highest BCUT2D eigenvalue weighted by atomic mass is 32.2. The Labute approximate surface area is 128 Å². The average molecular weight is 308 g/mol. The van der Waals surface area contributed by atoms with Gasteiger partial charge in [0.25, 0.3) is 0 Å². The summed E-state index contributed by atoms with van der Waals surface area (Å²) < 4.78 is 25.2. The van der Waals surface area contributed by atoms with E-state index in [1.165, 1.54) is 11.1 Å². The van der Waals surface area contributed by atoms with Crippen LogP contribution in [0.3, 0.4) is 0 Å². The van der Waals surface area contributed by atoms with Gasteiger partial charge in [-0.15, -0.1) is 0 Å².